The van der Waals surface area contributed by atoms with Gasteiger partial charge in [0, 0.05) is 29.7 Å². The Bertz CT molecular complexity index is 720. The number of rotatable bonds is 5. The summed E-state index contributed by atoms with van der Waals surface area (Å²) < 4.78 is 41.1. The molecule has 0 saturated heterocycles. The monoisotopic (exact) mass is 339 g/mol. The molecule has 0 aliphatic rings. The van der Waals surface area contributed by atoms with Gasteiger partial charge in [0.25, 0.3) is 5.91 Å². The minimum absolute atomic E-state index is 0.148. The van der Waals surface area contributed by atoms with Gasteiger partial charge in [-0.2, -0.15) is 13.2 Å². The van der Waals surface area contributed by atoms with Crippen LogP contribution >= 0.6 is 0 Å². The van der Waals surface area contributed by atoms with E-state index in [1.807, 2.05) is 0 Å². The summed E-state index contributed by atoms with van der Waals surface area (Å²) in [6.07, 6.45) is -1.57. The third-order valence-corrected chi connectivity index (χ3v) is 3.15. The minimum atomic E-state index is -4.43. The molecule has 1 unspecified atom stereocenters. The van der Waals surface area contributed by atoms with Crippen LogP contribution in [0.1, 0.15) is 34.6 Å². The van der Waals surface area contributed by atoms with Gasteiger partial charge in [-0.15, -0.1) is 0 Å². The highest BCUT2D eigenvalue weighted by Crippen LogP contribution is 2.20. The van der Waals surface area contributed by atoms with E-state index in [1.54, 1.807) is 32.0 Å². The van der Waals surface area contributed by atoms with E-state index in [2.05, 4.69) is 20.0 Å². The number of amides is 1. The van der Waals surface area contributed by atoms with Crippen molar-refractivity contribution in [3.8, 4) is 5.88 Å². The summed E-state index contributed by atoms with van der Waals surface area (Å²) in [6, 6.07) is 5.77. The van der Waals surface area contributed by atoms with Gasteiger partial charge < -0.3 is 10.1 Å². The molecule has 2 aromatic rings. The fourth-order valence-corrected chi connectivity index (χ4v) is 1.98. The minimum Gasteiger partial charge on any atom is -0.468 e. The van der Waals surface area contributed by atoms with Crippen LogP contribution in [-0.4, -0.2) is 28.7 Å². The average Bonchev–Trinajstić information content (AvgIpc) is 2.52. The number of hydrogen-bond acceptors (Lipinski definition) is 4. The zero-order valence-corrected chi connectivity index (χ0v) is 13.1. The highest BCUT2D eigenvalue weighted by atomic mass is 19.4. The van der Waals surface area contributed by atoms with Gasteiger partial charge in [0.15, 0.2) is 6.61 Å². The molecule has 1 amide bonds. The predicted octanol–water partition coefficient (Wildman–Crippen LogP) is 3.22. The van der Waals surface area contributed by atoms with Crippen molar-refractivity contribution >= 4 is 5.91 Å². The van der Waals surface area contributed by atoms with Crippen LogP contribution < -0.4 is 10.1 Å². The molecule has 1 N–H and O–H groups in total. The summed E-state index contributed by atoms with van der Waals surface area (Å²) in [5.41, 5.74) is 1.75. The van der Waals surface area contributed by atoms with Gasteiger partial charge in [0.05, 0.1) is 6.04 Å². The largest absolute Gasteiger partial charge is 0.468 e. The predicted molar refractivity (Wildman–Crippen MR) is 80.6 cm³/mol. The summed E-state index contributed by atoms with van der Waals surface area (Å²) in [6.45, 7) is 2.07. The normalized spacial score (nSPS) is 12.5. The second kappa shape index (κ2) is 7.29. The van der Waals surface area contributed by atoms with E-state index in [-0.39, 0.29) is 11.8 Å². The van der Waals surface area contributed by atoms with Crippen molar-refractivity contribution in [2.75, 3.05) is 6.61 Å². The first-order chi connectivity index (χ1) is 11.2. The molecule has 1 atom stereocenters. The highest BCUT2D eigenvalue weighted by molar-refractivity contribution is 5.94. The number of carbonyl (C=O) groups excluding carboxylic acids is 1. The first-order valence-electron chi connectivity index (χ1n) is 7.13. The van der Waals surface area contributed by atoms with Crippen molar-refractivity contribution in [3.63, 3.8) is 0 Å². The Morgan fingerprint density at radius 3 is 2.62 bits per heavy atom. The Morgan fingerprint density at radius 2 is 1.96 bits per heavy atom. The molecule has 8 heteroatoms. The van der Waals surface area contributed by atoms with Crippen LogP contribution in [0.3, 0.4) is 0 Å². The van der Waals surface area contributed by atoms with Crippen LogP contribution in [-0.2, 0) is 0 Å². The van der Waals surface area contributed by atoms with E-state index < -0.39 is 18.8 Å². The first kappa shape index (κ1) is 17.7. The maximum atomic E-state index is 12.2. The number of aryl methyl sites for hydroxylation is 1. The zero-order chi connectivity index (χ0) is 17.7. The molecule has 0 aliphatic heterocycles. The fourth-order valence-electron chi connectivity index (χ4n) is 1.98. The first-order valence-corrected chi connectivity index (χ1v) is 7.13. The Morgan fingerprint density at radius 1 is 1.25 bits per heavy atom. The molecule has 0 fully saturated rings. The van der Waals surface area contributed by atoms with Crippen molar-refractivity contribution in [2.45, 2.75) is 26.1 Å². The van der Waals surface area contributed by atoms with Crippen molar-refractivity contribution in [2.24, 2.45) is 0 Å². The summed E-state index contributed by atoms with van der Waals surface area (Å²) in [7, 11) is 0. The van der Waals surface area contributed by atoms with Crippen molar-refractivity contribution in [1.29, 1.82) is 0 Å². The second-order valence-electron chi connectivity index (χ2n) is 5.21. The number of alkyl halides is 3. The van der Waals surface area contributed by atoms with Gasteiger partial charge in [0.1, 0.15) is 0 Å². The number of aromatic nitrogens is 2. The lowest BCUT2D eigenvalue weighted by Gasteiger charge is -2.15. The summed E-state index contributed by atoms with van der Waals surface area (Å²) in [5, 5.41) is 2.77. The Labute approximate surface area is 136 Å². The van der Waals surface area contributed by atoms with E-state index in [9.17, 15) is 18.0 Å². The molecule has 0 radical (unpaired) electrons. The molecule has 2 heterocycles. The van der Waals surface area contributed by atoms with Crippen molar-refractivity contribution in [1.82, 2.24) is 15.3 Å². The SMILES string of the molecule is Cc1cc(C(=O)NC(C)c2ccnc(OCC(F)(F)F)c2)ccn1. The van der Waals surface area contributed by atoms with Crippen LogP contribution in [0.5, 0.6) is 5.88 Å². The van der Waals surface area contributed by atoms with E-state index in [0.29, 0.717) is 16.8 Å². The molecule has 0 saturated carbocycles. The van der Waals surface area contributed by atoms with Crippen molar-refractivity contribution in [3.05, 3.63) is 53.5 Å². The second-order valence-corrected chi connectivity index (χ2v) is 5.21. The van der Waals surface area contributed by atoms with Gasteiger partial charge in [-0.25, -0.2) is 4.98 Å². The number of hydrogen-bond donors (Lipinski definition) is 1. The molecule has 0 aliphatic carbocycles. The Hall–Kier alpha value is -2.64. The standard InChI is InChI=1S/C16H16F3N3O2/c1-10-7-13(4-5-20-10)15(23)22-11(2)12-3-6-21-14(8-12)24-9-16(17,18)19/h3-8,11H,9H2,1-2H3,(H,22,23). The van der Waals surface area contributed by atoms with Crippen LogP contribution in [0.4, 0.5) is 13.2 Å². The maximum Gasteiger partial charge on any atom is 0.422 e. The van der Waals surface area contributed by atoms with Gasteiger partial charge in [-0.05, 0) is 37.6 Å². The van der Waals surface area contributed by atoms with Crippen LogP contribution in [0.2, 0.25) is 0 Å². The van der Waals surface area contributed by atoms with Crippen molar-refractivity contribution < 1.29 is 22.7 Å². The Kier molecular flexibility index (Phi) is 5.38. The van der Waals surface area contributed by atoms with E-state index >= 15 is 0 Å². The maximum absolute atomic E-state index is 12.2. The third kappa shape index (κ3) is 5.22. The molecule has 2 aromatic heterocycles. The number of ether oxygens (including phenoxy) is 1. The number of nitrogens with one attached hydrogen (secondary N) is 1. The molecule has 0 spiro atoms. The summed E-state index contributed by atoms with van der Waals surface area (Å²) >= 11 is 0. The lowest BCUT2D eigenvalue weighted by molar-refractivity contribution is -0.154. The summed E-state index contributed by atoms with van der Waals surface area (Å²) in [4.78, 5) is 19.9. The van der Waals surface area contributed by atoms with Gasteiger partial charge >= 0.3 is 6.18 Å². The van der Waals surface area contributed by atoms with Crippen LogP contribution in [0.15, 0.2) is 36.7 Å². The van der Waals surface area contributed by atoms with Crippen LogP contribution in [0, 0.1) is 6.92 Å². The number of carbonyl (C=O) groups is 1. The molecule has 0 aromatic carbocycles. The van der Waals surface area contributed by atoms with E-state index in [4.69, 9.17) is 0 Å². The lowest BCUT2D eigenvalue weighted by atomic mass is 10.1. The lowest BCUT2D eigenvalue weighted by Crippen LogP contribution is -2.27. The molecule has 128 valence electrons. The van der Waals surface area contributed by atoms with Gasteiger partial charge in [-0.1, -0.05) is 0 Å². The number of halogens is 3. The molecule has 24 heavy (non-hydrogen) atoms. The number of pyridine rings is 2. The quantitative estimate of drug-likeness (QED) is 0.908. The van der Waals surface area contributed by atoms with Gasteiger partial charge in [-0.3, -0.25) is 9.78 Å². The van der Waals surface area contributed by atoms with Gasteiger partial charge in [0.2, 0.25) is 5.88 Å². The fraction of sp³-hybridized carbons (Fsp3) is 0.312. The molecular weight excluding hydrogens is 323 g/mol. The highest BCUT2D eigenvalue weighted by Gasteiger charge is 2.28. The molecule has 0 bridgehead atoms. The van der Waals surface area contributed by atoms with E-state index in [0.717, 1.165) is 0 Å². The van der Waals surface area contributed by atoms with Crippen LogP contribution in [0.25, 0.3) is 0 Å². The third-order valence-electron chi connectivity index (χ3n) is 3.15. The summed E-state index contributed by atoms with van der Waals surface area (Å²) in [5.74, 6) is -0.451. The average molecular weight is 339 g/mol. The molecule has 2 rings (SSSR count). The Balaban J connectivity index is 2.04. The van der Waals surface area contributed by atoms with E-state index in [1.165, 1.54) is 18.5 Å². The smallest absolute Gasteiger partial charge is 0.422 e. The molecule has 5 nitrogen and oxygen atoms in total. The zero-order valence-electron chi connectivity index (χ0n) is 13.1. The topological polar surface area (TPSA) is 64.1 Å². The molecular formula is C16H16F3N3O2. The number of nitrogens with zero attached hydrogens (tertiary/aromatic N) is 2.